The summed E-state index contributed by atoms with van der Waals surface area (Å²) in [7, 11) is 0. The second-order valence-electron chi connectivity index (χ2n) is 3.61. The zero-order valence-corrected chi connectivity index (χ0v) is 11.7. The van der Waals surface area contributed by atoms with Crippen LogP contribution in [0.1, 0.15) is 5.69 Å². The van der Waals surface area contributed by atoms with Crippen LogP contribution < -0.4 is 11.1 Å². The van der Waals surface area contributed by atoms with Crippen molar-refractivity contribution < 1.29 is 4.79 Å². The Morgan fingerprint density at radius 2 is 2.11 bits per heavy atom. The summed E-state index contributed by atoms with van der Waals surface area (Å²) < 4.78 is 2.83. The van der Waals surface area contributed by atoms with E-state index in [-0.39, 0.29) is 12.5 Å². The Balaban J connectivity index is 2.06. The molecule has 0 saturated carbocycles. The molecule has 94 valence electrons. The van der Waals surface area contributed by atoms with Gasteiger partial charge in [-0.1, -0.05) is 5.21 Å². The van der Waals surface area contributed by atoms with Gasteiger partial charge in [0, 0.05) is 3.57 Å². The first-order valence-corrected chi connectivity index (χ1v) is 6.41. The summed E-state index contributed by atoms with van der Waals surface area (Å²) >= 11 is 2.24. The van der Waals surface area contributed by atoms with E-state index in [0.29, 0.717) is 12.2 Å². The third kappa shape index (κ3) is 3.26. The van der Waals surface area contributed by atoms with E-state index in [1.54, 1.807) is 10.9 Å². The monoisotopic (exact) mass is 357 g/mol. The summed E-state index contributed by atoms with van der Waals surface area (Å²) in [6, 6.07) is 7.90. The first kappa shape index (κ1) is 13.0. The summed E-state index contributed by atoms with van der Waals surface area (Å²) in [6.07, 6.45) is 1.78. The maximum Gasteiger partial charge on any atom is 0.234 e. The molecular weight excluding hydrogens is 345 g/mol. The molecule has 0 aliphatic heterocycles. The summed E-state index contributed by atoms with van der Waals surface area (Å²) in [6.45, 7) is 0.311. The van der Waals surface area contributed by atoms with Crippen molar-refractivity contribution in [1.29, 1.82) is 0 Å². The Morgan fingerprint density at radius 1 is 1.39 bits per heavy atom. The van der Waals surface area contributed by atoms with Gasteiger partial charge in [-0.25, -0.2) is 4.68 Å². The van der Waals surface area contributed by atoms with E-state index in [2.05, 4.69) is 38.2 Å². The van der Waals surface area contributed by atoms with E-state index in [9.17, 15) is 4.79 Å². The molecule has 0 atom stereocenters. The number of aromatic nitrogens is 3. The van der Waals surface area contributed by atoms with Crippen molar-refractivity contribution >= 4 is 28.5 Å². The van der Waals surface area contributed by atoms with Crippen LogP contribution in [0.5, 0.6) is 0 Å². The van der Waals surface area contributed by atoms with Crippen molar-refractivity contribution in [2.24, 2.45) is 5.73 Å². The normalized spacial score (nSPS) is 10.3. The van der Waals surface area contributed by atoms with Crippen molar-refractivity contribution in [2.45, 2.75) is 6.54 Å². The molecule has 0 aliphatic carbocycles. The van der Waals surface area contributed by atoms with E-state index in [0.717, 1.165) is 9.26 Å². The van der Waals surface area contributed by atoms with Gasteiger partial charge in [-0.15, -0.1) is 5.10 Å². The number of halogens is 1. The van der Waals surface area contributed by atoms with E-state index >= 15 is 0 Å². The molecule has 0 unspecified atom stereocenters. The van der Waals surface area contributed by atoms with Crippen LogP contribution in [0.4, 0.5) is 0 Å². The Morgan fingerprint density at radius 3 is 2.78 bits per heavy atom. The van der Waals surface area contributed by atoms with Crippen LogP contribution in [-0.4, -0.2) is 27.4 Å². The Hall–Kier alpha value is -1.48. The van der Waals surface area contributed by atoms with Gasteiger partial charge in [0.05, 0.1) is 25.0 Å². The van der Waals surface area contributed by atoms with Gasteiger partial charge in [-0.2, -0.15) is 0 Å². The lowest BCUT2D eigenvalue weighted by molar-refractivity contribution is -0.119. The largest absolute Gasteiger partial charge is 0.349 e. The molecule has 0 radical (unpaired) electrons. The number of hydrogen-bond donors (Lipinski definition) is 2. The number of nitrogens with two attached hydrogens (primary N) is 1. The number of carbonyl (C=O) groups is 1. The number of carbonyl (C=O) groups excluding carboxylic acids is 1. The van der Waals surface area contributed by atoms with Crippen molar-refractivity contribution in [3.05, 3.63) is 39.7 Å². The molecule has 18 heavy (non-hydrogen) atoms. The van der Waals surface area contributed by atoms with Gasteiger partial charge >= 0.3 is 0 Å². The molecule has 0 saturated heterocycles. The lowest BCUT2D eigenvalue weighted by Crippen LogP contribution is -2.29. The quantitative estimate of drug-likeness (QED) is 0.778. The van der Waals surface area contributed by atoms with Crippen molar-refractivity contribution in [3.63, 3.8) is 0 Å². The van der Waals surface area contributed by atoms with Crippen LogP contribution in [0, 0.1) is 3.57 Å². The maximum absolute atomic E-state index is 11.0. The average molecular weight is 357 g/mol. The number of nitrogens with zero attached hydrogens (tertiary/aromatic N) is 3. The van der Waals surface area contributed by atoms with E-state index in [1.165, 1.54) is 0 Å². The van der Waals surface area contributed by atoms with Gasteiger partial charge < -0.3 is 11.1 Å². The second kappa shape index (κ2) is 5.91. The number of rotatable bonds is 4. The number of hydrogen-bond acceptors (Lipinski definition) is 4. The Labute approximate surface area is 118 Å². The average Bonchev–Trinajstić information content (AvgIpc) is 2.85. The molecule has 6 nitrogen and oxygen atoms in total. The molecule has 0 fully saturated rings. The van der Waals surface area contributed by atoms with Crippen molar-refractivity contribution in [3.8, 4) is 5.69 Å². The van der Waals surface area contributed by atoms with Crippen LogP contribution in [0.2, 0.25) is 0 Å². The fourth-order valence-corrected chi connectivity index (χ4v) is 1.72. The van der Waals surface area contributed by atoms with E-state index in [1.807, 2.05) is 24.3 Å². The minimum Gasteiger partial charge on any atom is -0.349 e. The van der Waals surface area contributed by atoms with Crippen LogP contribution in [0.15, 0.2) is 30.5 Å². The zero-order chi connectivity index (χ0) is 13.0. The Kier molecular flexibility index (Phi) is 4.26. The third-order valence-corrected chi connectivity index (χ3v) is 3.00. The molecule has 7 heteroatoms. The molecule has 0 bridgehead atoms. The van der Waals surface area contributed by atoms with Crippen LogP contribution in [0.25, 0.3) is 5.69 Å². The molecule has 2 rings (SSSR count). The highest BCUT2D eigenvalue weighted by atomic mass is 127. The SMILES string of the molecule is NCC(=O)NCc1cn(-c2ccc(I)cc2)nn1. The predicted molar refractivity (Wildman–Crippen MR) is 75.0 cm³/mol. The molecule has 0 aliphatic rings. The smallest absolute Gasteiger partial charge is 0.234 e. The van der Waals surface area contributed by atoms with Crippen molar-refractivity contribution in [2.75, 3.05) is 6.54 Å². The predicted octanol–water partition coefficient (Wildman–Crippen LogP) is 0.447. The highest BCUT2D eigenvalue weighted by Crippen LogP contribution is 2.10. The van der Waals surface area contributed by atoms with Crippen LogP contribution in [-0.2, 0) is 11.3 Å². The summed E-state index contributed by atoms with van der Waals surface area (Å²) in [5.74, 6) is -0.209. The van der Waals surface area contributed by atoms with Gasteiger partial charge in [0.1, 0.15) is 5.69 Å². The lowest BCUT2D eigenvalue weighted by Gasteiger charge is -2.00. The third-order valence-electron chi connectivity index (χ3n) is 2.28. The van der Waals surface area contributed by atoms with Gasteiger partial charge in [-0.3, -0.25) is 4.79 Å². The highest BCUT2D eigenvalue weighted by Gasteiger charge is 2.04. The molecule has 1 aromatic heterocycles. The molecule has 0 spiro atoms. The first-order valence-electron chi connectivity index (χ1n) is 5.33. The van der Waals surface area contributed by atoms with Gasteiger partial charge in [-0.05, 0) is 46.9 Å². The highest BCUT2D eigenvalue weighted by molar-refractivity contribution is 14.1. The summed E-state index contributed by atoms with van der Waals surface area (Å²) in [4.78, 5) is 11.0. The zero-order valence-electron chi connectivity index (χ0n) is 9.51. The molecular formula is C11H12IN5O. The fraction of sp³-hybridized carbons (Fsp3) is 0.182. The summed E-state index contributed by atoms with van der Waals surface area (Å²) in [5.41, 5.74) is 6.81. The van der Waals surface area contributed by atoms with Gasteiger partial charge in [0.25, 0.3) is 0 Å². The van der Waals surface area contributed by atoms with E-state index in [4.69, 9.17) is 5.73 Å². The Bertz CT molecular complexity index is 537. The number of amides is 1. The van der Waals surface area contributed by atoms with Gasteiger partial charge in [0.15, 0.2) is 0 Å². The van der Waals surface area contributed by atoms with E-state index < -0.39 is 0 Å². The molecule has 3 N–H and O–H groups in total. The summed E-state index contributed by atoms with van der Waals surface area (Å²) in [5, 5.41) is 10.6. The standard InChI is InChI=1S/C11H12IN5O/c12-8-1-3-10(4-2-8)17-7-9(15-16-17)6-14-11(18)5-13/h1-4,7H,5-6,13H2,(H,14,18). The first-order chi connectivity index (χ1) is 8.69. The molecule has 1 amide bonds. The lowest BCUT2D eigenvalue weighted by atomic mass is 10.3. The topological polar surface area (TPSA) is 85.8 Å². The minimum absolute atomic E-state index is 0.0226. The van der Waals surface area contributed by atoms with Crippen molar-refractivity contribution in [1.82, 2.24) is 20.3 Å². The second-order valence-corrected chi connectivity index (χ2v) is 4.86. The van der Waals surface area contributed by atoms with Gasteiger partial charge in [0.2, 0.25) is 5.91 Å². The number of benzene rings is 1. The van der Waals surface area contributed by atoms with Crippen LogP contribution >= 0.6 is 22.6 Å². The minimum atomic E-state index is -0.209. The van der Waals surface area contributed by atoms with Crippen LogP contribution in [0.3, 0.4) is 0 Å². The molecule has 1 aromatic carbocycles. The molecule has 1 heterocycles. The molecule has 2 aromatic rings. The maximum atomic E-state index is 11.0. The number of nitrogens with one attached hydrogen (secondary N) is 1. The fourth-order valence-electron chi connectivity index (χ4n) is 1.36.